The van der Waals surface area contributed by atoms with Crippen molar-refractivity contribution in [3.63, 3.8) is 0 Å². The molecular weight excluding hydrogens is 130 g/mol. The van der Waals surface area contributed by atoms with Gasteiger partial charge in [-0.1, -0.05) is 6.58 Å². The minimum atomic E-state index is -0.172. The van der Waals surface area contributed by atoms with E-state index in [2.05, 4.69) is 17.2 Å². The number of amides is 2. The van der Waals surface area contributed by atoms with E-state index in [-0.39, 0.29) is 6.03 Å². The molecule has 0 aromatic rings. The minimum absolute atomic E-state index is 0.172. The van der Waals surface area contributed by atoms with E-state index in [0.29, 0.717) is 12.4 Å². The van der Waals surface area contributed by atoms with E-state index in [9.17, 15) is 4.79 Å². The standard InChI is InChI=1S/C6H11N3O/c1-5-8-6(10)7-3-4-9(5)2/h1,3-4H2,2H3,(H2,7,8,10). The normalized spacial score (nSPS) is 19.5. The average molecular weight is 141 g/mol. The van der Waals surface area contributed by atoms with E-state index in [1.54, 1.807) is 0 Å². The lowest BCUT2D eigenvalue weighted by Crippen LogP contribution is -2.33. The first-order valence-corrected chi connectivity index (χ1v) is 3.15. The highest BCUT2D eigenvalue weighted by atomic mass is 16.2. The van der Waals surface area contributed by atoms with Crippen LogP contribution in [-0.4, -0.2) is 31.1 Å². The molecule has 2 amide bonds. The molecule has 1 saturated heterocycles. The number of nitrogens with zero attached hydrogens (tertiary/aromatic N) is 1. The lowest BCUT2D eigenvalue weighted by atomic mass is 10.5. The van der Waals surface area contributed by atoms with Crippen LogP contribution in [0, 0.1) is 0 Å². The maximum atomic E-state index is 10.7. The maximum absolute atomic E-state index is 10.7. The van der Waals surface area contributed by atoms with Gasteiger partial charge in [-0.15, -0.1) is 0 Å². The predicted octanol–water partition coefficient (Wildman–Crippen LogP) is -0.298. The van der Waals surface area contributed by atoms with Crippen molar-refractivity contribution in [1.29, 1.82) is 0 Å². The Bertz CT molecular complexity index is 166. The van der Waals surface area contributed by atoms with E-state index in [1.165, 1.54) is 0 Å². The number of hydrogen-bond donors (Lipinski definition) is 2. The molecule has 56 valence electrons. The summed E-state index contributed by atoms with van der Waals surface area (Å²) in [7, 11) is 1.88. The van der Waals surface area contributed by atoms with Gasteiger partial charge in [0.15, 0.2) is 0 Å². The van der Waals surface area contributed by atoms with Gasteiger partial charge in [0.2, 0.25) is 0 Å². The van der Waals surface area contributed by atoms with Crippen molar-refractivity contribution in [2.24, 2.45) is 0 Å². The van der Waals surface area contributed by atoms with Crippen LogP contribution in [0.4, 0.5) is 4.79 Å². The Hall–Kier alpha value is -1.19. The summed E-state index contributed by atoms with van der Waals surface area (Å²) in [6, 6.07) is -0.172. The van der Waals surface area contributed by atoms with Gasteiger partial charge in [0, 0.05) is 20.1 Å². The first-order chi connectivity index (χ1) is 4.70. The Labute approximate surface area is 59.9 Å². The summed E-state index contributed by atoms with van der Waals surface area (Å²) in [5.41, 5.74) is 0. The summed E-state index contributed by atoms with van der Waals surface area (Å²) in [6.07, 6.45) is 0. The summed E-state index contributed by atoms with van der Waals surface area (Å²) in [4.78, 5) is 12.6. The molecule has 0 radical (unpaired) electrons. The SMILES string of the molecule is C=C1NC(=O)NCCN1C. The van der Waals surface area contributed by atoms with Crippen LogP contribution in [0.25, 0.3) is 0 Å². The number of rotatable bonds is 0. The molecule has 2 N–H and O–H groups in total. The lowest BCUT2D eigenvalue weighted by Gasteiger charge is -2.16. The van der Waals surface area contributed by atoms with Gasteiger partial charge in [0.05, 0.1) is 0 Å². The van der Waals surface area contributed by atoms with Gasteiger partial charge in [0.25, 0.3) is 0 Å². The maximum Gasteiger partial charge on any atom is 0.320 e. The van der Waals surface area contributed by atoms with Crippen molar-refractivity contribution in [3.8, 4) is 0 Å². The second-order valence-electron chi connectivity index (χ2n) is 2.25. The highest BCUT2D eigenvalue weighted by Gasteiger charge is 2.10. The van der Waals surface area contributed by atoms with Crippen molar-refractivity contribution in [3.05, 3.63) is 12.4 Å². The number of nitrogens with one attached hydrogen (secondary N) is 2. The minimum Gasteiger partial charge on any atom is -0.360 e. The number of hydrogen-bond acceptors (Lipinski definition) is 2. The van der Waals surface area contributed by atoms with Crippen molar-refractivity contribution >= 4 is 6.03 Å². The molecule has 4 nitrogen and oxygen atoms in total. The van der Waals surface area contributed by atoms with E-state index in [4.69, 9.17) is 0 Å². The molecule has 10 heavy (non-hydrogen) atoms. The Morgan fingerprint density at radius 2 is 2.40 bits per heavy atom. The first kappa shape index (κ1) is 6.92. The van der Waals surface area contributed by atoms with E-state index < -0.39 is 0 Å². The predicted molar refractivity (Wildman–Crippen MR) is 38.3 cm³/mol. The Morgan fingerprint density at radius 3 is 3.10 bits per heavy atom. The number of carbonyl (C=O) groups is 1. The van der Waals surface area contributed by atoms with Crippen molar-refractivity contribution < 1.29 is 4.79 Å². The summed E-state index contributed by atoms with van der Waals surface area (Å²) >= 11 is 0. The summed E-state index contributed by atoms with van der Waals surface area (Å²) in [5, 5.41) is 5.23. The third-order valence-corrected chi connectivity index (χ3v) is 1.45. The molecule has 4 heteroatoms. The molecule has 1 aliphatic heterocycles. The lowest BCUT2D eigenvalue weighted by molar-refractivity contribution is 0.244. The molecule has 1 rings (SSSR count). The van der Waals surface area contributed by atoms with Crippen LogP contribution in [0.2, 0.25) is 0 Å². The van der Waals surface area contributed by atoms with Crippen LogP contribution in [-0.2, 0) is 0 Å². The van der Waals surface area contributed by atoms with Gasteiger partial charge in [-0.25, -0.2) is 4.79 Å². The molecule has 0 aromatic heterocycles. The second kappa shape index (κ2) is 2.60. The van der Waals surface area contributed by atoms with Crippen LogP contribution in [0.5, 0.6) is 0 Å². The quantitative estimate of drug-likeness (QED) is 0.486. The highest BCUT2D eigenvalue weighted by molar-refractivity contribution is 5.75. The molecule has 1 fully saturated rings. The zero-order valence-corrected chi connectivity index (χ0v) is 5.98. The Morgan fingerprint density at radius 1 is 1.70 bits per heavy atom. The molecule has 1 aliphatic rings. The van der Waals surface area contributed by atoms with Crippen LogP contribution < -0.4 is 10.6 Å². The zero-order valence-electron chi connectivity index (χ0n) is 5.98. The van der Waals surface area contributed by atoms with Crippen molar-refractivity contribution in [2.75, 3.05) is 20.1 Å². The fourth-order valence-corrected chi connectivity index (χ4v) is 0.743. The molecular formula is C6H11N3O. The topological polar surface area (TPSA) is 44.4 Å². The number of carbonyl (C=O) groups excluding carboxylic acids is 1. The molecule has 0 aliphatic carbocycles. The van der Waals surface area contributed by atoms with Gasteiger partial charge in [-0.3, -0.25) is 5.32 Å². The zero-order chi connectivity index (χ0) is 7.56. The summed E-state index contributed by atoms with van der Waals surface area (Å²) in [5.74, 6) is 0.648. The number of urea groups is 1. The van der Waals surface area contributed by atoms with E-state index in [0.717, 1.165) is 6.54 Å². The van der Waals surface area contributed by atoms with Gasteiger partial charge >= 0.3 is 6.03 Å². The van der Waals surface area contributed by atoms with Crippen molar-refractivity contribution in [1.82, 2.24) is 15.5 Å². The van der Waals surface area contributed by atoms with Gasteiger partial charge in [-0.2, -0.15) is 0 Å². The Balaban J connectivity index is 2.57. The first-order valence-electron chi connectivity index (χ1n) is 3.15. The fraction of sp³-hybridized carbons (Fsp3) is 0.500. The van der Waals surface area contributed by atoms with Gasteiger partial charge < -0.3 is 10.2 Å². The number of likely N-dealkylation sites (N-methyl/N-ethyl adjacent to an activating group) is 1. The van der Waals surface area contributed by atoms with Crippen LogP contribution >= 0.6 is 0 Å². The molecule has 0 atom stereocenters. The molecule has 1 heterocycles. The monoisotopic (exact) mass is 141 g/mol. The van der Waals surface area contributed by atoms with Crippen LogP contribution in [0.3, 0.4) is 0 Å². The molecule has 0 saturated carbocycles. The molecule has 0 bridgehead atoms. The fourth-order valence-electron chi connectivity index (χ4n) is 0.743. The average Bonchev–Trinajstić information content (AvgIpc) is 1.96. The Kier molecular flexibility index (Phi) is 1.80. The van der Waals surface area contributed by atoms with E-state index in [1.807, 2.05) is 11.9 Å². The van der Waals surface area contributed by atoms with Gasteiger partial charge in [-0.05, 0) is 0 Å². The summed E-state index contributed by atoms with van der Waals surface area (Å²) < 4.78 is 0. The summed E-state index contributed by atoms with van der Waals surface area (Å²) in [6.45, 7) is 5.13. The molecule has 0 unspecified atom stereocenters. The second-order valence-corrected chi connectivity index (χ2v) is 2.25. The van der Waals surface area contributed by atoms with Gasteiger partial charge in [0.1, 0.15) is 5.82 Å². The molecule has 0 spiro atoms. The largest absolute Gasteiger partial charge is 0.360 e. The van der Waals surface area contributed by atoms with Crippen LogP contribution in [0.1, 0.15) is 0 Å². The highest BCUT2D eigenvalue weighted by Crippen LogP contribution is 1.94. The van der Waals surface area contributed by atoms with Crippen LogP contribution in [0.15, 0.2) is 12.4 Å². The molecule has 0 aromatic carbocycles. The van der Waals surface area contributed by atoms with Crippen molar-refractivity contribution in [2.45, 2.75) is 0 Å². The third kappa shape index (κ3) is 1.40. The van der Waals surface area contributed by atoms with E-state index >= 15 is 0 Å². The smallest absolute Gasteiger partial charge is 0.320 e. The third-order valence-electron chi connectivity index (χ3n) is 1.45.